The monoisotopic (exact) mass is 394 g/mol. The molecule has 1 aliphatic heterocycles. The molecule has 1 fully saturated rings. The molecule has 2 aromatic heterocycles. The summed E-state index contributed by atoms with van der Waals surface area (Å²) >= 11 is 0. The Balaban J connectivity index is 1.29. The second-order valence-corrected chi connectivity index (χ2v) is 7.46. The van der Waals surface area contributed by atoms with Crippen LogP contribution in [0.15, 0.2) is 51.9 Å². The molecule has 1 unspecified atom stereocenters. The van der Waals surface area contributed by atoms with E-state index in [2.05, 4.69) is 20.2 Å². The summed E-state index contributed by atoms with van der Waals surface area (Å²) in [5.74, 6) is 1.51. The van der Waals surface area contributed by atoms with E-state index >= 15 is 0 Å². The minimum Gasteiger partial charge on any atom is -0.468 e. The lowest BCUT2D eigenvalue weighted by Crippen LogP contribution is -2.36. The van der Waals surface area contributed by atoms with Gasteiger partial charge in [0.05, 0.1) is 23.2 Å². The number of aromatic amines is 1. The molecular weight excluding hydrogens is 368 g/mol. The molecule has 1 atom stereocenters. The number of H-pyrrole nitrogens is 1. The highest BCUT2D eigenvalue weighted by atomic mass is 16.3. The molecule has 7 nitrogen and oxygen atoms in total. The molecule has 0 spiro atoms. The minimum absolute atomic E-state index is 0.00360. The molecule has 0 aliphatic carbocycles. The molecule has 7 heteroatoms. The van der Waals surface area contributed by atoms with Gasteiger partial charge < -0.3 is 14.7 Å². The van der Waals surface area contributed by atoms with E-state index in [0.29, 0.717) is 42.5 Å². The number of para-hydroxylation sites is 1. The maximum Gasteiger partial charge on any atom is 0.258 e. The molecule has 29 heavy (non-hydrogen) atoms. The molecule has 1 aliphatic rings. The molecule has 3 aromatic rings. The van der Waals surface area contributed by atoms with Gasteiger partial charge in [-0.1, -0.05) is 12.1 Å². The molecule has 4 rings (SSSR count). The first kappa shape index (κ1) is 19.4. The number of aryl methyl sites for hydroxylation is 1. The first-order valence-electron chi connectivity index (χ1n) is 10.2. The van der Waals surface area contributed by atoms with Crippen LogP contribution in [-0.2, 0) is 11.2 Å². The van der Waals surface area contributed by atoms with Crippen LogP contribution in [0.2, 0.25) is 0 Å². The number of aromatic nitrogens is 2. The van der Waals surface area contributed by atoms with Crippen molar-refractivity contribution in [3.05, 3.63) is 64.6 Å². The summed E-state index contributed by atoms with van der Waals surface area (Å²) in [6.45, 7) is 2.60. The number of hydrogen-bond donors (Lipinski definition) is 2. The third-order valence-corrected chi connectivity index (χ3v) is 5.42. The van der Waals surface area contributed by atoms with Crippen molar-refractivity contribution in [3.8, 4) is 0 Å². The van der Waals surface area contributed by atoms with Gasteiger partial charge >= 0.3 is 0 Å². The van der Waals surface area contributed by atoms with Gasteiger partial charge in [0, 0.05) is 19.4 Å². The molecule has 0 bridgehead atoms. The van der Waals surface area contributed by atoms with Crippen LogP contribution in [-0.4, -0.2) is 40.4 Å². The van der Waals surface area contributed by atoms with E-state index in [4.69, 9.17) is 4.42 Å². The van der Waals surface area contributed by atoms with Gasteiger partial charge in [-0.05, 0) is 56.6 Å². The summed E-state index contributed by atoms with van der Waals surface area (Å²) in [5, 5.41) is 3.63. The summed E-state index contributed by atoms with van der Waals surface area (Å²) in [5.41, 5.74) is 0.546. The Hall–Kier alpha value is -2.93. The van der Waals surface area contributed by atoms with Gasteiger partial charge in [-0.15, -0.1) is 0 Å². The number of carbonyl (C=O) groups excluding carboxylic acids is 1. The largest absolute Gasteiger partial charge is 0.468 e. The summed E-state index contributed by atoms with van der Waals surface area (Å²) in [4.78, 5) is 34.1. The Kier molecular flexibility index (Phi) is 6.05. The van der Waals surface area contributed by atoms with E-state index < -0.39 is 0 Å². The molecule has 152 valence electrons. The summed E-state index contributed by atoms with van der Waals surface area (Å²) in [6, 6.07) is 11.2. The number of carbonyl (C=O) groups is 1. The Bertz CT molecular complexity index is 1010. The zero-order valence-electron chi connectivity index (χ0n) is 16.4. The van der Waals surface area contributed by atoms with Crippen LogP contribution in [0.25, 0.3) is 10.9 Å². The van der Waals surface area contributed by atoms with E-state index in [1.54, 1.807) is 12.3 Å². The predicted octanol–water partition coefficient (Wildman–Crippen LogP) is 2.79. The fourth-order valence-corrected chi connectivity index (χ4v) is 3.91. The van der Waals surface area contributed by atoms with Crippen LogP contribution in [0.1, 0.15) is 43.3 Å². The third-order valence-electron chi connectivity index (χ3n) is 5.42. The lowest BCUT2D eigenvalue weighted by Gasteiger charge is -2.26. The molecule has 0 radical (unpaired) electrons. The highest BCUT2D eigenvalue weighted by Gasteiger charge is 2.25. The van der Waals surface area contributed by atoms with E-state index in [-0.39, 0.29) is 17.5 Å². The Labute approximate surface area is 169 Å². The Morgan fingerprint density at radius 2 is 2.03 bits per heavy atom. The number of nitrogens with zero attached hydrogens (tertiary/aromatic N) is 2. The third kappa shape index (κ3) is 4.74. The Morgan fingerprint density at radius 1 is 1.21 bits per heavy atom. The topological polar surface area (TPSA) is 91.2 Å². The summed E-state index contributed by atoms with van der Waals surface area (Å²) in [7, 11) is 0. The van der Waals surface area contributed by atoms with Gasteiger partial charge in [-0.2, -0.15) is 0 Å². The van der Waals surface area contributed by atoms with Crippen LogP contribution < -0.4 is 10.9 Å². The molecule has 1 aromatic carbocycles. The fourth-order valence-electron chi connectivity index (χ4n) is 3.91. The second-order valence-electron chi connectivity index (χ2n) is 7.46. The average molecular weight is 394 g/mol. The zero-order chi connectivity index (χ0) is 20.1. The number of benzene rings is 1. The number of furan rings is 1. The van der Waals surface area contributed by atoms with Crippen molar-refractivity contribution in [1.82, 2.24) is 20.2 Å². The van der Waals surface area contributed by atoms with Gasteiger partial charge in [-0.3, -0.25) is 14.5 Å². The average Bonchev–Trinajstić information content (AvgIpc) is 3.43. The minimum atomic E-state index is -0.137. The van der Waals surface area contributed by atoms with Crippen LogP contribution in [0.4, 0.5) is 0 Å². The van der Waals surface area contributed by atoms with Crippen LogP contribution in [0.5, 0.6) is 0 Å². The van der Waals surface area contributed by atoms with Crippen molar-refractivity contribution in [2.24, 2.45) is 0 Å². The lowest BCUT2D eigenvalue weighted by molar-refractivity contribution is -0.121. The molecule has 1 saturated heterocycles. The second kappa shape index (κ2) is 9.05. The van der Waals surface area contributed by atoms with Gasteiger partial charge in [0.15, 0.2) is 0 Å². The number of rotatable bonds is 8. The smallest absolute Gasteiger partial charge is 0.258 e. The first-order chi connectivity index (χ1) is 14.2. The quantitative estimate of drug-likeness (QED) is 0.613. The van der Waals surface area contributed by atoms with E-state index in [9.17, 15) is 9.59 Å². The van der Waals surface area contributed by atoms with Gasteiger partial charge in [0.1, 0.15) is 11.6 Å². The van der Waals surface area contributed by atoms with E-state index in [1.165, 1.54) is 12.8 Å². The number of likely N-dealkylation sites (tertiary alicyclic amines) is 1. The van der Waals surface area contributed by atoms with Crippen molar-refractivity contribution < 1.29 is 9.21 Å². The highest BCUT2D eigenvalue weighted by Crippen LogP contribution is 2.24. The van der Waals surface area contributed by atoms with Crippen LogP contribution in [0, 0.1) is 0 Å². The molecular formula is C22H26N4O3. The summed E-state index contributed by atoms with van der Waals surface area (Å²) in [6.07, 6.45) is 5.62. The Morgan fingerprint density at radius 3 is 2.83 bits per heavy atom. The highest BCUT2D eigenvalue weighted by molar-refractivity contribution is 5.77. The lowest BCUT2D eigenvalue weighted by atomic mass is 10.1. The maximum atomic E-state index is 12.3. The molecule has 3 heterocycles. The summed E-state index contributed by atoms with van der Waals surface area (Å²) < 4.78 is 5.59. The van der Waals surface area contributed by atoms with Crippen molar-refractivity contribution in [2.45, 2.75) is 38.1 Å². The van der Waals surface area contributed by atoms with Crippen LogP contribution >= 0.6 is 0 Å². The number of amides is 1. The van der Waals surface area contributed by atoms with E-state index in [0.717, 1.165) is 18.8 Å². The zero-order valence-corrected chi connectivity index (χ0v) is 16.4. The SMILES string of the molecule is O=C(CCCc1nc2ccccc2c(=O)[nH]1)NCC(c1ccco1)N1CCCC1. The van der Waals surface area contributed by atoms with E-state index in [1.807, 2.05) is 30.3 Å². The predicted molar refractivity (Wildman–Crippen MR) is 111 cm³/mol. The van der Waals surface area contributed by atoms with Crippen LogP contribution in [0.3, 0.4) is 0 Å². The fraction of sp³-hybridized carbons (Fsp3) is 0.409. The van der Waals surface area contributed by atoms with Crippen molar-refractivity contribution in [3.63, 3.8) is 0 Å². The standard InChI is InChI=1S/C22H26N4O3/c27-21(23-15-18(19-9-6-14-29-19)26-12-3-4-13-26)11-5-10-20-24-17-8-2-1-7-16(17)22(28)25-20/h1-2,6-9,14,18H,3-5,10-13,15H2,(H,23,27)(H,24,25,28). The molecule has 2 N–H and O–H groups in total. The van der Waals surface area contributed by atoms with Crippen molar-refractivity contribution >= 4 is 16.8 Å². The number of hydrogen-bond acceptors (Lipinski definition) is 5. The normalized spacial score (nSPS) is 15.6. The van der Waals surface area contributed by atoms with Gasteiger partial charge in [0.2, 0.25) is 5.91 Å². The van der Waals surface area contributed by atoms with Crippen molar-refractivity contribution in [1.29, 1.82) is 0 Å². The van der Waals surface area contributed by atoms with Gasteiger partial charge in [0.25, 0.3) is 5.56 Å². The molecule has 0 saturated carbocycles. The maximum absolute atomic E-state index is 12.3. The van der Waals surface area contributed by atoms with Gasteiger partial charge in [-0.25, -0.2) is 4.98 Å². The number of fused-ring (bicyclic) bond motifs is 1. The molecule has 1 amide bonds. The number of nitrogens with one attached hydrogen (secondary N) is 2. The first-order valence-corrected chi connectivity index (χ1v) is 10.2. The van der Waals surface area contributed by atoms with Crippen molar-refractivity contribution in [2.75, 3.05) is 19.6 Å².